The molecule has 0 saturated heterocycles. The summed E-state index contributed by atoms with van der Waals surface area (Å²) in [4.78, 5) is 24.5. The lowest BCUT2D eigenvalue weighted by atomic mass is 10.1. The Hall–Kier alpha value is -3.93. The molecule has 0 spiro atoms. The highest BCUT2D eigenvalue weighted by atomic mass is 16.5. The summed E-state index contributed by atoms with van der Waals surface area (Å²) in [5.41, 5.74) is 2.98. The van der Waals surface area contributed by atoms with Gasteiger partial charge in [0.15, 0.2) is 0 Å². The number of esters is 1. The molecular weight excluding hydrogens is 368 g/mol. The van der Waals surface area contributed by atoms with Crippen molar-refractivity contribution in [2.24, 2.45) is 5.10 Å². The maximum absolute atomic E-state index is 12.9. The zero-order valence-electron chi connectivity index (χ0n) is 16.0. The predicted octanol–water partition coefficient (Wildman–Crippen LogP) is 4.54. The molecule has 0 aliphatic carbocycles. The van der Waals surface area contributed by atoms with Crippen LogP contribution in [0.2, 0.25) is 0 Å². The summed E-state index contributed by atoms with van der Waals surface area (Å²) in [5, 5.41) is 5.66. The lowest BCUT2D eigenvalue weighted by Gasteiger charge is -2.12. The smallest absolute Gasteiger partial charge is 0.337 e. The number of hydrogen-bond acceptors (Lipinski definition) is 5. The molecule has 6 nitrogen and oxygen atoms in total. The molecule has 3 aromatic rings. The van der Waals surface area contributed by atoms with Crippen molar-refractivity contribution in [1.29, 1.82) is 0 Å². The summed E-state index contributed by atoms with van der Waals surface area (Å²) in [6, 6.07) is 20.0. The largest absolute Gasteiger partial charge is 0.465 e. The average molecular weight is 386 g/mol. The standard InChI is InChI=1S/C23H18N2O4/c1-15-20(14-19-12-13-21(29-19)16-6-4-3-5-7-16)22(26)25(24-15)18-10-8-17(9-11-18)23(27)28-2/h3-14H,1-2H3/b20-14+. The quantitative estimate of drug-likeness (QED) is 0.487. The lowest BCUT2D eigenvalue weighted by molar-refractivity contribution is -0.114. The van der Waals surface area contributed by atoms with Crippen molar-refractivity contribution in [1.82, 2.24) is 0 Å². The number of nitrogens with zero attached hydrogens (tertiary/aromatic N) is 2. The molecule has 4 rings (SSSR count). The second kappa shape index (κ2) is 7.59. The first-order valence-corrected chi connectivity index (χ1v) is 9.02. The molecule has 144 valence electrons. The highest BCUT2D eigenvalue weighted by Gasteiger charge is 2.29. The summed E-state index contributed by atoms with van der Waals surface area (Å²) < 4.78 is 10.6. The Bertz CT molecular complexity index is 1130. The van der Waals surface area contributed by atoms with E-state index in [0.29, 0.717) is 28.3 Å². The zero-order valence-corrected chi connectivity index (χ0v) is 16.0. The van der Waals surface area contributed by atoms with Gasteiger partial charge in [0.05, 0.1) is 29.6 Å². The molecule has 2 heterocycles. The number of methoxy groups -OCH3 is 1. The van der Waals surface area contributed by atoms with Crippen molar-refractivity contribution >= 4 is 29.4 Å². The van der Waals surface area contributed by atoms with Gasteiger partial charge in [0, 0.05) is 5.56 Å². The number of hydrogen-bond donors (Lipinski definition) is 0. The first-order valence-electron chi connectivity index (χ1n) is 9.02. The fourth-order valence-corrected chi connectivity index (χ4v) is 3.05. The molecule has 2 aromatic carbocycles. The molecule has 0 saturated carbocycles. The van der Waals surface area contributed by atoms with Crippen molar-refractivity contribution in [2.75, 3.05) is 12.1 Å². The van der Waals surface area contributed by atoms with Gasteiger partial charge in [-0.3, -0.25) is 4.79 Å². The molecule has 1 aliphatic heterocycles. The van der Waals surface area contributed by atoms with E-state index in [1.807, 2.05) is 42.5 Å². The number of benzene rings is 2. The van der Waals surface area contributed by atoms with Crippen LogP contribution in [0, 0.1) is 0 Å². The van der Waals surface area contributed by atoms with Gasteiger partial charge < -0.3 is 9.15 Å². The molecule has 29 heavy (non-hydrogen) atoms. The number of ether oxygens (including phenoxy) is 1. The van der Waals surface area contributed by atoms with E-state index in [9.17, 15) is 9.59 Å². The molecule has 0 atom stereocenters. The Morgan fingerprint density at radius 1 is 1.03 bits per heavy atom. The number of hydrazone groups is 1. The Morgan fingerprint density at radius 3 is 2.45 bits per heavy atom. The van der Waals surface area contributed by atoms with Gasteiger partial charge in [-0.2, -0.15) is 10.1 Å². The van der Waals surface area contributed by atoms with Gasteiger partial charge in [-0.05, 0) is 49.4 Å². The molecular formula is C23H18N2O4. The minimum atomic E-state index is -0.434. The third-order valence-corrected chi connectivity index (χ3v) is 4.57. The average Bonchev–Trinajstić information content (AvgIpc) is 3.34. The minimum Gasteiger partial charge on any atom is -0.465 e. The van der Waals surface area contributed by atoms with Crippen LogP contribution in [0.5, 0.6) is 0 Å². The van der Waals surface area contributed by atoms with E-state index in [2.05, 4.69) is 5.10 Å². The van der Waals surface area contributed by atoms with Crippen LogP contribution in [0.15, 0.2) is 81.8 Å². The van der Waals surface area contributed by atoms with E-state index in [1.54, 1.807) is 37.3 Å². The van der Waals surface area contributed by atoms with Crippen LogP contribution < -0.4 is 5.01 Å². The van der Waals surface area contributed by atoms with Crippen LogP contribution in [0.1, 0.15) is 23.0 Å². The van der Waals surface area contributed by atoms with Gasteiger partial charge in [0.1, 0.15) is 11.5 Å². The van der Waals surface area contributed by atoms with Crippen molar-refractivity contribution in [2.45, 2.75) is 6.92 Å². The van der Waals surface area contributed by atoms with E-state index < -0.39 is 5.97 Å². The van der Waals surface area contributed by atoms with Crippen LogP contribution in [0.3, 0.4) is 0 Å². The number of anilines is 1. The summed E-state index contributed by atoms with van der Waals surface area (Å²) in [6.45, 7) is 1.77. The van der Waals surface area contributed by atoms with Crippen LogP contribution >= 0.6 is 0 Å². The van der Waals surface area contributed by atoms with E-state index in [4.69, 9.17) is 9.15 Å². The molecule has 1 amide bonds. The molecule has 0 fully saturated rings. The zero-order chi connectivity index (χ0) is 20.4. The number of rotatable bonds is 4. The Kier molecular flexibility index (Phi) is 4.83. The summed E-state index contributed by atoms with van der Waals surface area (Å²) >= 11 is 0. The highest BCUT2D eigenvalue weighted by molar-refractivity contribution is 6.32. The number of carbonyl (C=O) groups excluding carboxylic acids is 2. The maximum atomic E-state index is 12.9. The van der Waals surface area contributed by atoms with Gasteiger partial charge in [0.2, 0.25) is 0 Å². The van der Waals surface area contributed by atoms with Crippen molar-refractivity contribution < 1.29 is 18.7 Å². The summed E-state index contributed by atoms with van der Waals surface area (Å²) in [7, 11) is 1.32. The van der Waals surface area contributed by atoms with E-state index in [0.717, 1.165) is 11.3 Å². The van der Waals surface area contributed by atoms with Crippen LogP contribution in [-0.4, -0.2) is 24.7 Å². The van der Waals surface area contributed by atoms with Gasteiger partial charge in [0.25, 0.3) is 5.91 Å². The summed E-state index contributed by atoms with van der Waals surface area (Å²) in [6.07, 6.45) is 1.69. The van der Waals surface area contributed by atoms with E-state index in [1.165, 1.54) is 12.1 Å². The Morgan fingerprint density at radius 2 is 1.76 bits per heavy atom. The monoisotopic (exact) mass is 386 g/mol. The number of carbonyl (C=O) groups is 2. The van der Waals surface area contributed by atoms with Crippen molar-refractivity contribution in [3.05, 3.63) is 83.6 Å². The SMILES string of the molecule is COC(=O)c1ccc(N2N=C(C)/C(=C\c3ccc(-c4ccccc4)o3)C2=O)cc1. The number of amides is 1. The Labute approximate surface area is 167 Å². The molecule has 0 radical (unpaired) electrons. The first-order chi connectivity index (χ1) is 14.1. The van der Waals surface area contributed by atoms with Crippen LogP contribution in [0.25, 0.3) is 17.4 Å². The topological polar surface area (TPSA) is 72.1 Å². The van der Waals surface area contributed by atoms with Crippen LogP contribution in [-0.2, 0) is 9.53 Å². The maximum Gasteiger partial charge on any atom is 0.337 e. The van der Waals surface area contributed by atoms with Crippen LogP contribution in [0.4, 0.5) is 5.69 Å². The second-order valence-electron chi connectivity index (χ2n) is 6.47. The van der Waals surface area contributed by atoms with Gasteiger partial charge >= 0.3 is 5.97 Å². The molecule has 6 heteroatoms. The van der Waals surface area contributed by atoms with Gasteiger partial charge in [-0.15, -0.1) is 0 Å². The first kappa shape index (κ1) is 18.4. The molecule has 0 N–H and O–H groups in total. The van der Waals surface area contributed by atoms with E-state index in [-0.39, 0.29) is 5.91 Å². The van der Waals surface area contributed by atoms with Crippen molar-refractivity contribution in [3.8, 4) is 11.3 Å². The van der Waals surface area contributed by atoms with E-state index >= 15 is 0 Å². The third-order valence-electron chi connectivity index (χ3n) is 4.57. The van der Waals surface area contributed by atoms with Gasteiger partial charge in [-0.25, -0.2) is 4.79 Å². The molecule has 0 unspecified atom stereocenters. The second-order valence-corrected chi connectivity index (χ2v) is 6.47. The summed E-state index contributed by atoms with van der Waals surface area (Å²) in [5.74, 6) is 0.611. The predicted molar refractivity (Wildman–Crippen MR) is 110 cm³/mol. The minimum absolute atomic E-state index is 0.258. The molecule has 0 bridgehead atoms. The fraction of sp³-hybridized carbons (Fsp3) is 0.0870. The van der Waals surface area contributed by atoms with Crippen molar-refractivity contribution in [3.63, 3.8) is 0 Å². The highest BCUT2D eigenvalue weighted by Crippen LogP contribution is 2.27. The molecule has 1 aliphatic rings. The van der Waals surface area contributed by atoms with Gasteiger partial charge in [-0.1, -0.05) is 30.3 Å². The fourth-order valence-electron chi connectivity index (χ4n) is 3.05. The lowest BCUT2D eigenvalue weighted by Crippen LogP contribution is -2.21. The number of furan rings is 1. The molecule has 1 aromatic heterocycles. The normalized spacial score (nSPS) is 15.0. The Balaban J connectivity index is 1.58. The third kappa shape index (κ3) is 3.60.